The maximum atomic E-state index is 10.4. The molecule has 0 N–H and O–H groups in total. The van der Waals surface area contributed by atoms with E-state index in [1.54, 1.807) is 18.2 Å². The van der Waals surface area contributed by atoms with Gasteiger partial charge in [-0.2, -0.15) is 5.26 Å². The summed E-state index contributed by atoms with van der Waals surface area (Å²) in [5.74, 6) is 0. The van der Waals surface area contributed by atoms with Crippen molar-refractivity contribution in [2.24, 2.45) is 0 Å². The Bertz CT molecular complexity index is 341. The highest BCUT2D eigenvalue weighted by molar-refractivity contribution is 5.41. The predicted molar refractivity (Wildman–Crippen MR) is 42.4 cm³/mol. The van der Waals surface area contributed by atoms with Gasteiger partial charge >= 0.3 is 0 Å². The lowest BCUT2D eigenvalue weighted by Gasteiger charge is -1.95. The zero-order chi connectivity index (χ0) is 8.97. The third kappa shape index (κ3) is 1.58. The normalized spacial score (nSPS) is 8.92. The van der Waals surface area contributed by atoms with Gasteiger partial charge in [0.05, 0.1) is 17.4 Å². The third-order valence-electron chi connectivity index (χ3n) is 1.46. The van der Waals surface area contributed by atoms with E-state index in [4.69, 9.17) is 5.26 Å². The maximum absolute atomic E-state index is 10.4. The molecule has 1 rings (SSSR count). The highest BCUT2D eigenvalue weighted by Crippen LogP contribution is 2.17. The van der Waals surface area contributed by atoms with Crippen LogP contribution in [0, 0.1) is 21.4 Å². The van der Waals surface area contributed by atoms with Crippen molar-refractivity contribution in [3.05, 3.63) is 39.9 Å². The Hall–Kier alpha value is -1.89. The minimum Gasteiger partial charge on any atom is -0.258 e. The molecule has 0 radical (unpaired) electrons. The van der Waals surface area contributed by atoms with Crippen molar-refractivity contribution >= 4 is 5.69 Å². The van der Waals surface area contributed by atoms with Gasteiger partial charge in [0.25, 0.3) is 5.69 Å². The van der Waals surface area contributed by atoms with Gasteiger partial charge in [-0.3, -0.25) is 10.1 Å². The predicted octanol–water partition coefficient (Wildman–Crippen LogP) is 1.66. The number of nitriles is 1. The largest absolute Gasteiger partial charge is 0.273 e. The molecular weight excluding hydrogens is 158 g/mol. The van der Waals surface area contributed by atoms with Crippen LogP contribution in [0.2, 0.25) is 0 Å². The summed E-state index contributed by atoms with van der Waals surface area (Å²) in [7, 11) is 0. The Morgan fingerprint density at radius 3 is 2.75 bits per heavy atom. The quantitative estimate of drug-likeness (QED) is 0.493. The summed E-state index contributed by atoms with van der Waals surface area (Å²) < 4.78 is 0. The molecule has 0 bridgehead atoms. The van der Waals surface area contributed by atoms with E-state index in [0.29, 0.717) is 5.56 Å². The maximum Gasteiger partial charge on any atom is 0.273 e. The van der Waals surface area contributed by atoms with Gasteiger partial charge in [-0.25, -0.2) is 0 Å². The lowest BCUT2D eigenvalue weighted by Crippen LogP contribution is -1.93. The summed E-state index contributed by atoms with van der Waals surface area (Å²) in [6.45, 7) is 0. The van der Waals surface area contributed by atoms with E-state index in [-0.39, 0.29) is 12.1 Å². The molecule has 0 aliphatic heterocycles. The van der Waals surface area contributed by atoms with Crippen LogP contribution in [0.15, 0.2) is 24.3 Å². The van der Waals surface area contributed by atoms with Crippen molar-refractivity contribution in [2.75, 3.05) is 0 Å². The van der Waals surface area contributed by atoms with Crippen LogP contribution >= 0.6 is 0 Å². The molecule has 4 nitrogen and oxygen atoms in total. The second-order valence-electron chi connectivity index (χ2n) is 2.22. The minimum absolute atomic E-state index is 0.0130. The van der Waals surface area contributed by atoms with E-state index in [1.165, 1.54) is 6.07 Å². The van der Waals surface area contributed by atoms with Gasteiger partial charge in [0, 0.05) is 11.6 Å². The van der Waals surface area contributed by atoms with Gasteiger partial charge in [0.2, 0.25) is 0 Å². The molecule has 0 fully saturated rings. The Labute approximate surface area is 69.2 Å². The lowest BCUT2D eigenvalue weighted by atomic mass is 10.2. The average molecular weight is 164 g/mol. The molecule has 0 saturated carbocycles. The zero-order valence-corrected chi connectivity index (χ0v) is 6.23. The van der Waals surface area contributed by atoms with Crippen LogP contribution < -0.4 is 0 Å². The fraction of sp³-hybridized carbons (Fsp3) is 0.125. The van der Waals surface area contributed by atoms with Crippen molar-refractivity contribution < 1.29 is 4.92 Å². The van der Waals surface area contributed by atoms with Crippen molar-refractivity contribution in [1.29, 1.82) is 5.26 Å². The molecule has 0 aromatic heterocycles. The molecule has 0 amide bonds. The van der Waals surface area contributed by atoms with E-state index >= 15 is 0 Å². The first-order chi connectivity index (χ1) is 5.75. The standard InChI is InChI=1S/C8H6N2O2/c9-6-5-7-3-1-2-4-8(7)10(11)12/h1-4H,5H2/i6+2. The van der Waals surface area contributed by atoms with Crippen LogP contribution in [0.1, 0.15) is 5.56 Å². The van der Waals surface area contributed by atoms with Crippen LogP contribution in [-0.2, 0) is 6.42 Å². The molecule has 60 valence electrons. The van der Waals surface area contributed by atoms with Crippen molar-refractivity contribution in [1.82, 2.24) is 0 Å². The number of nitro groups is 1. The van der Waals surface area contributed by atoms with Gasteiger partial charge in [0.1, 0.15) is 0 Å². The number of nitro benzene ring substituents is 1. The van der Waals surface area contributed by atoms with E-state index in [1.807, 2.05) is 6.07 Å². The second kappa shape index (κ2) is 3.49. The average Bonchev–Trinajstić information content (AvgIpc) is 2.05. The molecule has 0 atom stereocenters. The molecule has 1 aromatic carbocycles. The number of hydrogen-bond acceptors (Lipinski definition) is 3. The van der Waals surface area contributed by atoms with Crippen molar-refractivity contribution in [3.8, 4) is 6.07 Å². The van der Waals surface area contributed by atoms with Gasteiger partial charge < -0.3 is 0 Å². The number of nitrogens with zero attached hydrogens (tertiary/aromatic N) is 2. The Kier molecular flexibility index (Phi) is 2.38. The summed E-state index contributed by atoms with van der Waals surface area (Å²) in [6.07, 6.45) is 0.0805. The Morgan fingerprint density at radius 1 is 1.50 bits per heavy atom. The second-order valence-corrected chi connectivity index (χ2v) is 2.22. The molecule has 0 unspecified atom stereocenters. The molecule has 0 aliphatic carbocycles. The smallest absolute Gasteiger partial charge is 0.258 e. The fourth-order valence-electron chi connectivity index (χ4n) is 0.924. The molecule has 0 saturated heterocycles. The zero-order valence-electron chi connectivity index (χ0n) is 6.23. The summed E-state index contributed by atoms with van der Waals surface area (Å²) in [4.78, 5) is 9.91. The van der Waals surface area contributed by atoms with Crippen LogP contribution in [-0.4, -0.2) is 4.92 Å². The summed E-state index contributed by atoms with van der Waals surface area (Å²) >= 11 is 0. The van der Waals surface area contributed by atoms with Gasteiger partial charge in [0.15, 0.2) is 0 Å². The highest BCUT2D eigenvalue weighted by atomic mass is 16.6. The summed E-state index contributed by atoms with van der Waals surface area (Å²) in [5, 5.41) is 18.7. The Morgan fingerprint density at radius 2 is 2.17 bits per heavy atom. The first-order valence-corrected chi connectivity index (χ1v) is 3.35. The fourth-order valence-corrected chi connectivity index (χ4v) is 0.924. The SMILES string of the molecule is N#[14C]Cc1ccccc1[N+](=O)[O-]. The monoisotopic (exact) mass is 164 g/mol. The molecular formula is C8H6N2O2. The summed E-state index contributed by atoms with van der Waals surface area (Å²) in [5.41, 5.74) is 0.476. The minimum atomic E-state index is -0.479. The molecule has 4 heteroatoms. The van der Waals surface area contributed by atoms with Gasteiger partial charge in [-0.1, -0.05) is 18.2 Å². The van der Waals surface area contributed by atoms with Crippen LogP contribution in [0.3, 0.4) is 0 Å². The van der Waals surface area contributed by atoms with E-state index < -0.39 is 4.92 Å². The highest BCUT2D eigenvalue weighted by Gasteiger charge is 2.10. The lowest BCUT2D eigenvalue weighted by molar-refractivity contribution is -0.385. The van der Waals surface area contributed by atoms with Crippen molar-refractivity contribution in [2.45, 2.75) is 6.42 Å². The summed E-state index contributed by atoms with van der Waals surface area (Å²) in [6, 6.07) is 8.12. The number of benzene rings is 1. The number of para-hydroxylation sites is 1. The first kappa shape index (κ1) is 8.21. The van der Waals surface area contributed by atoms with Crippen LogP contribution in [0.4, 0.5) is 5.69 Å². The Balaban J connectivity index is 3.10. The molecule has 0 aliphatic rings. The van der Waals surface area contributed by atoms with Crippen LogP contribution in [0.25, 0.3) is 0 Å². The van der Waals surface area contributed by atoms with E-state index in [9.17, 15) is 10.1 Å². The van der Waals surface area contributed by atoms with Gasteiger partial charge in [-0.05, 0) is 0 Å². The topological polar surface area (TPSA) is 66.9 Å². The molecule has 0 heterocycles. The molecule has 1 aromatic rings. The molecule has 0 spiro atoms. The van der Waals surface area contributed by atoms with E-state index in [2.05, 4.69) is 0 Å². The first-order valence-electron chi connectivity index (χ1n) is 3.35. The number of hydrogen-bond donors (Lipinski definition) is 0. The van der Waals surface area contributed by atoms with E-state index in [0.717, 1.165) is 0 Å². The third-order valence-corrected chi connectivity index (χ3v) is 1.46. The number of rotatable bonds is 2. The van der Waals surface area contributed by atoms with Gasteiger partial charge in [-0.15, -0.1) is 0 Å². The van der Waals surface area contributed by atoms with Crippen molar-refractivity contribution in [3.63, 3.8) is 0 Å². The van der Waals surface area contributed by atoms with Crippen LogP contribution in [0.5, 0.6) is 0 Å². The molecule has 12 heavy (non-hydrogen) atoms.